The van der Waals surface area contributed by atoms with Crippen molar-refractivity contribution in [1.82, 2.24) is 5.32 Å². The van der Waals surface area contributed by atoms with E-state index in [-0.39, 0.29) is 18.4 Å². The predicted octanol–water partition coefficient (Wildman–Crippen LogP) is 4.29. The maximum Gasteiger partial charge on any atom is 0.286 e. The van der Waals surface area contributed by atoms with Crippen LogP contribution in [-0.2, 0) is 20.7 Å². The summed E-state index contributed by atoms with van der Waals surface area (Å²) in [5.41, 5.74) is 6.54. The molecule has 1 fully saturated rings. The Morgan fingerprint density at radius 2 is 1.94 bits per heavy atom. The molecule has 1 amide bonds. The second-order valence-electron chi connectivity index (χ2n) is 9.08. The summed E-state index contributed by atoms with van der Waals surface area (Å²) in [5, 5.41) is 12.1. The molecule has 0 spiro atoms. The van der Waals surface area contributed by atoms with Crippen molar-refractivity contribution in [2.75, 3.05) is 19.8 Å². The Balaban J connectivity index is 1.39. The molecule has 2 aromatic rings. The van der Waals surface area contributed by atoms with Crippen molar-refractivity contribution in [2.24, 2.45) is 5.92 Å². The van der Waals surface area contributed by atoms with Crippen molar-refractivity contribution in [1.29, 1.82) is 0 Å². The Labute approximate surface area is 189 Å². The molecule has 1 saturated carbocycles. The van der Waals surface area contributed by atoms with E-state index in [1.54, 1.807) is 0 Å². The third-order valence-electron chi connectivity index (χ3n) is 6.67. The third-order valence-corrected chi connectivity index (χ3v) is 6.67. The zero-order chi connectivity index (χ0) is 21.9. The van der Waals surface area contributed by atoms with Gasteiger partial charge >= 0.3 is 0 Å². The van der Waals surface area contributed by atoms with Crippen molar-refractivity contribution in [3.05, 3.63) is 71.0 Å². The minimum Gasteiger partial charge on any atom is -0.459 e. The molecule has 2 aromatic carbocycles. The first-order chi connectivity index (χ1) is 15.7. The number of aliphatic hydroxyl groups is 1. The van der Waals surface area contributed by atoms with Gasteiger partial charge in [-0.3, -0.25) is 4.79 Å². The highest BCUT2D eigenvalue weighted by molar-refractivity contribution is 5.91. The number of nitrogens with one attached hydrogen (secondary N) is 1. The molecule has 2 atom stereocenters. The third kappa shape index (κ3) is 4.59. The lowest BCUT2D eigenvalue weighted by atomic mass is 9.87. The summed E-state index contributed by atoms with van der Waals surface area (Å²) in [7, 11) is 0. The van der Waals surface area contributed by atoms with Crippen LogP contribution in [0.3, 0.4) is 0 Å². The van der Waals surface area contributed by atoms with Crippen LogP contribution in [0.2, 0.25) is 0 Å². The van der Waals surface area contributed by atoms with E-state index in [2.05, 4.69) is 47.8 Å². The molecule has 5 rings (SSSR count). The summed E-state index contributed by atoms with van der Waals surface area (Å²) in [6.45, 7) is 1.37. The molecule has 2 aliphatic carbocycles. The number of ether oxygens (including phenoxy) is 2. The predicted molar refractivity (Wildman–Crippen MR) is 123 cm³/mol. The van der Waals surface area contributed by atoms with Crippen molar-refractivity contribution >= 4 is 5.91 Å². The number of hydrogen-bond donors (Lipinski definition) is 2. The minimum absolute atomic E-state index is 0.0533. The number of allylic oxidation sites excluding steroid dienone is 1. The molecule has 0 radical (unpaired) electrons. The molecule has 0 aromatic heterocycles. The Morgan fingerprint density at radius 1 is 1.09 bits per heavy atom. The SMILES string of the molecule is O=C(NCC1CC1)C1=C[C@@H](c2cccc3c2Cc2ccccc2-3)C[C@@H](OCCCCO)O1. The number of aliphatic hydroxyl groups excluding tert-OH is 1. The fourth-order valence-corrected chi connectivity index (χ4v) is 4.74. The molecule has 0 saturated heterocycles. The van der Waals surface area contributed by atoms with Gasteiger partial charge in [-0.15, -0.1) is 0 Å². The molecule has 2 N–H and O–H groups in total. The lowest BCUT2D eigenvalue weighted by Crippen LogP contribution is -2.34. The number of amides is 1. The van der Waals surface area contributed by atoms with E-state index < -0.39 is 6.29 Å². The fourth-order valence-electron chi connectivity index (χ4n) is 4.74. The molecule has 0 unspecified atom stereocenters. The fraction of sp³-hybridized carbons (Fsp3) is 0.444. The Morgan fingerprint density at radius 3 is 2.78 bits per heavy atom. The van der Waals surface area contributed by atoms with Crippen molar-refractivity contribution in [3.63, 3.8) is 0 Å². The smallest absolute Gasteiger partial charge is 0.286 e. The summed E-state index contributed by atoms with van der Waals surface area (Å²) in [5.74, 6) is 0.876. The average Bonchev–Trinajstić information content (AvgIpc) is 3.58. The van der Waals surface area contributed by atoms with E-state index in [9.17, 15) is 4.79 Å². The molecule has 0 bridgehead atoms. The summed E-state index contributed by atoms with van der Waals surface area (Å²) >= 11 is 0. The average molecular weight is 434 g/mol. The summed E-state index contributed by atoms with van der Waals surface area (Å²) in [6.07, 6.45) is 6.95. The highest BCUT2D eigenvalue weighted by Gasteiger charge is 2.32. The van der Waals surface area contributed by atoms with Crippen LogP contribution >= 0.6 is 0 Å². The van der Waals surface area contributed by atoms with Gasteiger partial charge in [-0.25, -0.2) is 0 Å². The molecule has 1 heterocycles. The van der Waals surface area contributed by atoms with Gasteiger partial charge < -0.3 is 19.9 Å². The Kier molecular flexibility index (Phi) is 6.28. The number of unbranched alkanes of at least 4 members (excludes halogenated alkanes) is 1. The van der Waals surface area contributed by atoms with E-state index in [0.717, 1.165) is 12.8 Å². The zero-order valence-electron chi connectivity index (χ0n) is 18.4. The number of carbonyl (C=O) groups excluding carboxylic acids is 1. The molecule has 1 aliphatic heterocycles. The minimum atomic E-state index is -0.468. The topological polar surface area (TPSA) is 67.8 Å². The van der Waals surface area contributed by atoms with Gasteiger partial charge in [0.25, 0.3) is 5.91 Å². The highest BCUT2D eigenvalue weighted by atomic mass is 16.7. The van der Waals surface area contributed by atoms with Gasteiger partial charge in [0.05, 0.1) is 6.61 Å². The molecule has 32 heavy (non-hydrogen) atoms. The number of rotatable bonds is 9. The van der Waals surface area contributed by atoms with Crippen LogP contribution in [0, 0.1) is 5.92 Å². The summed E-state index contributed by atoms with van der Waals surface area (Å²) in [4.78, 5) is 12.8. The van der Waals surface area contributed by atoms with Crippen molar-refractivity contribution in [3.8, 4) is 11.1 Å². The van der Waals surface area contributed by atoms with E-state index in [1.165, 1.54) is 40.7 Å². The van der Waals surface area contributed by atoms with Gasteiger partial charge in [0.1, 0.15) is 0 Å². The van der Waals surface area contributed by atoms with Gasteiger partial charge in [-0.1, -0.05) is 42.5 Å². The van der Waals surface area contributed by atoms with Crippen LogP contribution in [0.4, 0.5) is 0 Å². The number of carbonyl (C=O) groups is 1. The molecular weight excluding hydrogens is 402 g/mol. The maximum absolute atomic E-state index is 12.8. The normalized spacial score (nSPS) is 21.3. The first-order valence-electron chi connectivity index (χ1n) is 11.8. The van der Waals surface area contributed by atoms with E-state index >= 15 is 0 Å². The highest BCUT2D eigenvalue weighted by Crippen LogP contribution is 2.42. The van der Waals surface area contributed by atoms with Gasteiger partial charge in [0, 0.05) is 25.5 Å². The van der Waals surface area contributed by atoms with Gasteiger partial charge in [0.15, 0.2) is 5.76 Å². The summed E-state index contributed by atoms with van der Waals surface area (Å²) in [6, 6.07) is 15.1. The van der Waals surface area contributed by atoms with Crippen LogP contribution in [0.25, 0.3) is 11.1 Å². The number of fused-ring (bicyclic) bond motifs is 3. The first-order valence-corrected chi connectivity index (χ1v) is 11.8. The molecule has 3 aliphatic rings. The number of benzene rings is 2. The van der Waals surface area contributed by atoms with E-state index in [4.69, 9.17) is 14.6 Å². The molecular formula is C27H31NO4. The zero-order valence-corrected chi connectivity index (χ0v) is 18.4. The first kappa shape index (κ1) is 21.2. The monoisotopic (exact) mass is 433 g/mol. The van der Waals surface area contributed by atoms with Crippen molar-refractivity contribution in [2.45, 2.75) is 50.7 Å². The Hall–Kier alpha value is -2.63. The lowest BCUT2D eigenvalue weighted by molar-refractivity contribution is -0.146. The van der Waals surface area contributed by atoms with Gasteiger partial charge in [0.2, 0.25) is 6.29 Å². The van der Waals surface area contributed by atoms with Crippen LogP contribution in [-0.4, -0.2) is 37.1 Å². The second-order valence-corrected chi connectivity index (χ2v) is 9.08. The maximum atomic E-state index is 12.8. The largest absolute Gasteiger partial charge is 0.459 e. The number of hydrogen-bond acceptors (Lipinski definition) is 4. The van der Waals surface area contributed by atoms with Crippen molar-refractivity contribution < 1.29 is 19.4 Å². The standard InChI is InChI=1S/C27H31NO4/c29-12-3-4-13-31-26-16-20(15-25(32-26)27(30)28-17-18-10-11-18)22-8-5-9-23-21-7-2-1-6-19(21)14-24(22)23/h1-2,5-9,15,18,20,26,29H,3-4,10-14,16-17H2,(H,28,30)/t20-,26+/m1/s1. The quantitative estimate of drug-likeness (QED) is 0.494. The Bertz CT molecular complexity index is 1010. The van der Waals surface area contributed by atoms with Crippen LogP contribution in [0.5, 0.6) is 0 Å². The summed E-state index contributed by atoms with van der Waals surface area (Å²) < 4.78 is 12.0. The van der Waals surface area contributed by atoms with Gasteiger partial charge in [-0.05, 0) is 71.9 Å². The van der Waals surface area contributed by atoms with E-state index in [0.29, 0.717) is 37.7 Å². The van der Waals surface area contributed by atoms with Crippen LogP contribution in [0.15, 0.2) is 54.3 Å². The second kappa shape index (κ2) is 9.47. The van der Waals surface area contributed by atoms with E-state index in [1.807, 2.05) is 6.08 Å². The molecule has 5 heteroatoms. The van der Waals surface area contributed by atoms with Crippen LogP contribution < -0.4 is 5.32 Å². The lowest BCUT2D eigenvalue weighted by Gasteiger charge is -2.30. The molecule has 5 nitrogen and oxygen atoms in total. The molecule has 168 valence electrons. The van der Waals surface area contributed by atoms with Crippen LogP contribution in [0.1, 0.15) is 54.7 Å². The van der Waals surface area contributed by atoms with Gasteiger partial charge in [-0.2, -0.15) is 0 Å².